The fourth-order valence-electron chi connectivity index (χ4n) is 3.48. The van der Waals surface area contributed by atoms with Crippen molar-refractivity contribution in [2.75, 3.05) is 18.4 Å². The Hall–Kier alpha value is -1.66. The van der Waals surface area contributed by atoms with Crippen molar-refractivity contribution in [1.29, 1.82) is 0 Å². The molecule has 0 bridgehead atoms. The summed E-state index contributed by atoms with van der Waals surface area (Å²) in [6.07, 6.45) is 0.991. The van der Waals surface area contributed by atoms with Crippen LogP contribution in [0.1, 0.15) is 31.2 Å². The zero-order valence-electron chi connectivity index (χ0n) is 12.9. The first kappa shape index (κ1) is 17.7. The molecule has 1 aromatic carbocycles. The topological polar surface area (TPSA) is 75.4 Å². The van der Waals surface area contributed by atoms with Gasteiger partial charge in [0.05, 0.1) is 5.92 Å². The number of carbonyl (C=O) groups excluding carboxylic acids is 2. The minimum Gasteiger partial charge on any atom is -0.339 e. The van der Waals surface area contributed by atoms with Gasteiger partial charge in [0, 0.05) is 24.7 Å². The second-order valence-electron chi connectivity index (χ2n) is 6.21. The van der Waals surface area contributed by atoms with Crippen molar-refractivity contribution in [1.82, 2.24) is 4.90 Å². The smallest absolute Gasteiger partial charge is 0.230 e. The van der Waals surface area contributed by atoms with Crippen LogP contribution < -0.4 is 11.1 Å². The number of fused-ring (bicyclic) bond motifs is 1. The first-order chi connectivity index (χ1) is 10.5. The molecule has 2 aliphatic rings. The molecule has 0 aromatic heterocycles. The van der Waals surface area contributed by atoms with E-state index >= 15 is 0 Å². The molecule has 3 unspecified atom stereocenters. The summed E-state index contributed by atoms with van der Waals surface area (Å²) in [5.41, 5.74) is 6.80. The lowest BCUT2D eigenvalue weighted by Crippen LogP contribution is -2.40. The van der Waals surface area contributed by atoms with Crippen molar-refractivity contribution in [3.63, 3.8) is 0 Å². The van der Waals surface area contributed by atoms with Crippen molar-refractivity contribution in [3.05, 3.63) is 29.6 Å². The Morgan fingerprint density at radius 1 is 1.48 bits per heavy atom. The van der Waals surface area contributed by atoms with Crippen molar-refractivity contribution >= 4 is 29.9 Å². The van der Waals surface area contributed by atoms with Crippen LogP contribution in [0.25, 0.3) is 0 Å². The molecule has 2 heterocycles. The molecule has 1 aromatic rings. The molecule has 0 radical (unpaired) electrons. The monoisotopic (exact) mass is 341 g/mol. The maximum Gasteiger partial charge on any atom is 0.230 e. The summed E-state index contributed by atoms with van der Waals surface area (Å²) in [5.74, 6) is -0.970. The summed E-state index contributed by atoms with van der Waals surface area (Å²) in [7, 11) is 0. The van der Waals surface area contributed by atoms with E-state index in [9.17, 15) is 14.0 Å². The largest absolute Gasteiger partial charge is 0.339 e. The van der Waals surface area contributed by atoms with Crippen molar-refractivity contribution < 1.29 is 14.0 Å². The van der Waals surface area contributed by atoms with Crippen LogP contribution in [-0.2, 0) is 9.59 Å². The van der Waals surface area contributed by atoms with Crippen LogP contribution in [0.15, 0.2) is 18.2 Å². The van der Waals surface area contributed by atoms with E-state index in [-0.39, 0.29) is 36.7 Å². The van der Waals surface area contributed by atoms with Gasteiger partial charge in [0.1, 0.15) is 5.82 Å². The number of likely N-dealkylation sites (tertiary alicyclic amines) is 1. The summed E-state index contributed by atoms with van der Waals surface area (Å²) in [4.78, 5) is 26.5. The Kier molecular flexibility index (Phi) is 5.26. The number of hydrogen-bond acceptors (Lipinski definition) is 3. The van der Waals surface area contributed by atoms with Gasteiger partial charge in [-0.3, -0.25) is 9.59 Å². The average Bonchev–Trinajstić information content (AvgIpc) is 2.86. The minimum atomic E-state index is -0.539. The van der Waals surface area contributed by atoms with Crippen LogP contribution in [0.3, 0.4) is 0 Å². The summed E-state index contributed by atoms with van der Waals surface area (Å²) in [5, 5.41) is 2.64. The molecule has 0 saturated carbocycles. The molecule has 0 aliphatic carbocycles. The molecule has 1 saturated heterocycles. The third kappa shape index (κ3) is 3.33. The van der Waals surface area contributed by atoms with Gasteiger partial charge in [-0.15, -0.1) is 12.4 Å². The first-order valence-corrected chi connectivity index (χ1v) is 7.59. The van der Waals surface area contributed by atoms with Gasteiger partial charge >= 0.3 is 0 Å². The zero-order chi connectivity index (χ0) is 15.9. The average molecular weight is 342 g/mol. The van der Waals surface area contributed by atoms with Crippen LogP contribution in [0.5, 0.6) is 0 Å². The van der Waals surface area contributed by atoms with Crippen LogP contribution in [0.4, 0.5) is 10.1 Å². The second-order valence-corrected chi connectivity index (χ2v) is 6.21. The highest BCUT2D eigenvalue weighted by Crippen LogP contribution is 2.36. The van der Waals surface area contributed by atoms with E-state index in [2.05, 4.69) is 5.32 Å². The number of anilines is 1. The SMILES string of the molecule is CC1CC(CN)CN1C(=O)C1CC(=O)Nc2cc(F)ccc21.Cl. The zero-order valence-corrected chi connectivity index (χ0v) is 13.7. The summed E-state index contributed by atoms with van der Waals surface area (Å²) < 4.78 is 13.3. The number of amides is 2. The van der Waals surface area contributed by atoms with Gasteiger partial charge in [-0.2, -0.15) is 0 Å². The van der Waals surface area contributed by atoms with Gasteiger partial charge in [-0.05, 0) is 43.5 Å². The standard InChI is InChI=1S/C16H20FN3O2.ClH/c1-9-4-10(7-18)8-20(9)16(22)13-6-15(21)19-14-5-11(17)2-3-12(13)14;/h2-3,5,9-10,13H,4,6-8,18H2,1H3,(H,19,21);1H. The maximum absolute atomic E-state index is 13.3. The van der Waals surface area contributed by atoms with Gasteiger partial charge in [-0.1, -0.05) is 6.07 Å². The van der Waals surface area contributed by atoms with E-state index in [0.717, 1.165) is 6.42 Å². The molecule has 2 amide bonds. The molecule has 126 valence electrons. The first-order valence-electron chi connectivity index (χ1n) is 7.59. The molecule has 5 nitrogen and oxygen atoms in total. The number of hydrogen-bond donors (Lipinski definition) is 2. The fraction of sp³-hybridized carbons (Fsp3) is 0.500. The van der Waals surface area contributed by atoms with Crippen molar-refractivity contribution in [2.24, 2.45) is 11.7 Å². The third-order valence-electron chi connectivity index (χ3n) is 4.63. The lowest BCUT2D eigenvalue weighted by Gasteiger charge is -2.30. The number of benzene rings is 1. The van der Waals surface area contributed by atoms with E-state index in [0.29, 0.717) is 30.3 Å². The third-order valence-corrected chi connectivity index (χ3v) is 4.63. The Morgan fingerprint density at radius 3 is 2.87 bits per heavy atom. The quantitative estimate of drug-likeness (QED) is 0.862. The van der Waals surface area contributed by atoms with E-state index in [1.807, 2.05) is 11.8 Å². The number of nitrogens with one attached hydrogen (secondary N) is 1. The van der Waals surface area contributed by atoms with Gasteiger partial charge in [-0.25, -0.2) is 4.39 Å². The highest BCUT2D eigenvalue weighted by atomic mass is 35.5. The Labute approximate surface area is 140 Å². The Morgan fingerprint density at radius 2 is 2.22 bits per heavy atom. The number of rotatable bonds is 2. The van der Waals surface area contributed by atoms with Crippen molar-refractivity contribution in [3.8, 4) is 0 Å². The van der Waals surface area contributed by atoms with Gasteiger partial charge in [0.25, 0.3) is 0 Å². The van der Waals surface area contributed by atoms with Crippen molar-refractivity contribution in [2.45, 2.75) is 31.7 Å². The molecule has 7 heteroatoms. The molecule has 1 fully saturated rings. The fourth-order valence-corrected chi connectivity index (χ4v) is 3.48. The summed E-state index contributed by atoms with van der Waals surface area (Å²) in [6.45, 7) is 3.19. The molecule has 0 spiro atoms. The van der Waals surface area contributed by atoms with E-state index in [4.69, 9.17) is 5.73 Å². The molecule has 2 aliphatic heterocycles. The van der Waals surface area contributed by atoms with Crippen LogP contribution >= 0.6 is 12.4 Å². The van der Waals surface area contributed by atoms with Crippen LogP contribution in [0, 0.1) is 11.7 Å². The number of halogens is 2. The minimum absolute atomic E-state index is 0. The highest BCUT2D eigenvalue weighted by molar-refractivity contribution is 6.01. The molecular formula is C16H21ClFN3O2. The highest BCUT2D eigenvalue weighted by Gasteiger charge is 2.38. The Balaban J connectivity index is 0.00000192. The van der Waals surface area contributed by atoms with Gasteiger partial charge in [0.15, 0.2) is 0 Å². The summed E-state index contributed by atoms with van der Waals surface area (Å²) >= 11 is 0. The van der Waals surface area contributed by atoms with Gasteiger partial charge in [0.2, 0.25) is 11.8 Å². The van der Waals surface area contributed by atoms with Crippen LogP contribution in [-0.4, -0.2) is 35.8 Å². The molecular weight excluding hydrogens is 321 g/mol. The van der Waals surface area contributed by atoms with E-state index in [1.165, 1.54) is 12.1 Å². The second kappa shape index (κ2) is 6.84. The maximum atomic E-state index is 13.3. The van der Waals surface area contributed by atoms with E-state index < -0.39 is 11.7 Å². The molecule has 3 N–H and O–H groups in total. The molecule has 3 rings (SSSR count). The van der Waals surface area contributed by atoms with E-state index in [1.54, 1.807) is 6.07 Å². The van der Waals surface area contributed by atoms with Gasteiger partial charge < -0.3 is 16.0 Å². The lowest BCUT2D eigenvalue weighted by molar-refractivity contribution is -0.135. The summed E-state index contributed by atoms with van der Waals surface area (Å²) in [6, 6.07) is 4.30. The molecule has 23 heavy (non-hydrogen) atoms. The predicted octanol–water partition coefficient (Wildman–Crippen LogP) is 1.87. The predicted molar refractivity (Wildman–Crippen MR) is 88.0 cm³/mol. The number of nitrogens with two attached hydrogens (primary N) is 1. The Bertz CT molecular complexity index is 625. The number of carbonyl (C=O) groups is 2. The molecule has 3 atom stereocenters. The normalized spacial score (nSPS) is 26.3. The lowest BCUT2D eigenvalue weighted by atomic mass is 9.89. The van der Waals surface area contributed by atoms with Crippen LogP contribution in [0.2, 0.25) is 0 Å². The number of nitrogens with zero attached hydrogens (tertiary/aromatic N) is 1.